The van der Waals surface area contributed by atoms with Crippen molar-refractivity contribution < 1.29 is 9.53 Å². The molecule has 8 heteroatoms. The SMILES string of the molecule is CN(Cc1cn(-c2ccccc2)nc1-c1cccs1)C(=O)C1(N)CCOCC1.Cl. The molecule has 29 heavy (non-hydrogen) atoms. The van der Waals surface area contributed by atoms with Crippen molar-refractivity contribution in [3.63, 3.8) is 0 Å². The van der Waals surface area contributed by atoms with Crippen molar-refractivity contribution in [3.05, 3.63) is 59.6 Å². The first kappa shape index (κ1) is 21.5. The number of para-hydroxylation sites is 1. The molecule has 1 amide bonds. The lowest BCUT2D eigenvalue weighted by Gasteiger charge is -2.35. The molecular weight excluding hydrogens is 408 g/mol. The minimum Gasteiger partial charge on any atom is -0.381 e. The summed E-state index contributed by atoms with van der Waals surface area (Å²) in [6.07, 6.45) is 3.11. The van der Waals surface area contributed by atoms with Crippen LogP contribution >= 0.6 is 23.7 Å². The molecule has 0 spiro atoms. The third kappa shape index (κ3) is 4.53. The van der Waals surface area contributed by atoms with Crippen molar-refractivity contribution in [1.29, 1.82) is 0 Å². The van der Waals surface area contributed by atoms with Crippen LogP contribution in [0.3, 0.4) is 0 Å². The lowest BCUT2D eigenvalue weighted by molar-refractivity contribution is -0.139. The van der Waals surface area contributed by atoms with Crippen LogP contribution in [-0.2, 0) is 16.1 Å². The second-order valence-corrected chi connectivity index (χ2v) is 8.14. The predicted molar refractivity (Wildman–Crippen MR) is 118 cm³/mol. The number of aromatic nitrogens is 2. The highest BCUT2D eigenvalue weighted by atomic mass is 35.5. The molecule has 0 saturated carbocycles. The number of hydrogen-bond acceptors (Lipinski definition) is 5. The van der Waals surface area contributed by atoms with Crippen LogP contribution in [0.5, 0.6) is 0 Å². The number of thiophene rings is 1. The van der Waals surface area contributed by atoms with Gasteiger partial charge in [0.2, 0.25) is 5.91 Å². The van der Waals surface area contributed by atoms with Gasteiger partial charge in [-0.2, -0.15) is 5.10 Å². The van der Waals surface area contributed by atoms with Crippen LogP contribution in [0.1, 0.15) is 18.4 Å². The largest absolute Gasteiger partial charge is 0.381 e. The van der Waals surface area contributed by atoms with Gasteiger partial charge in [0, 0.05) is 38.6 Å². The number of carbonyl (C=O) groups excluding carboxylic acids is 1. The molecule has 2 aromatic heterocycles. The van der Waals surface area contributed by atoms with E-state index in [1.165, 1.54) is 0 Å². The van der Waals surface area contributed by atoms with E-state index in [0.29, 0.717) is 32.6 Å². The number of nitrogens with zero attached hydrogens (tertiary/aromatic N) is 3. The van der Waals surface area contributed by atoms with Gasteiger partial charge in [0.1, 0.15) is 5.69 Å². The molecule has 1 aliphatic heterocycles. The summed E-state index contributed by atoms with van der Waals surface area (Å²) >= 11 is 1.64. The van der Waals surface area contributed by atoms with Crippen LogP contribution in [0, 0.1) is 0 Å². The van der Waals surface area contributed by atoms with Gasteiger partial charge in [0.15, 0.2) is 0 Å². The van der Waals surface area contributed by atoms with E-state index in [2.05, 4.69) is 6.07 Å². The van der Waals surface area contributed by atoms with E-state index in [4.69, 9.17) is 15.6 Å². The highest BCUT2D eigenvalue weighted by Gasteiger charge is 2.38. The van der Waals surface area contributed by atoms with Crippen molar-refractivity contribution >= 4 is 29.7 Å². The third-order valence-corrected chi connectivity index (χ3v) is 6.01. The number of benzene rings is 1. The summed E-state index contributed by atoms with van der Waals surface area (Å²) in [4.78, 5) is 15.8. The first-order chi connectivity index (χ1) is 13.6. The highest BCUT2D eigenvalue weighted by molar-refractivity contribution is 7.13. The van der Waals surface area contributed by atoms with Gasteiger partial charge in [-0.3, -0.25) is 4.79 Å². The third-order valence-electron chi connectivity index (χ3n) is 5.13. The summed E-state index contributed by atoms with van der Waals surface area (Å²) in [6.45, 7) is 1.52. The van der Waals surface area contributed by atoms with Crippen LogP contribution in [0.4, 0.5) is 0 Å². The Balaban J connectivity index is 0.00000240. The summed E-state index contributed by atoms with van der Waals surface area (Å²) in [5, 5.41) is 6.84. The van der Waals surface area contributed by atoms with Crippen molar-refractivity contribution in [2.24, 2.45) is 5.73 Å². The zero-order valence-corrected chi connectivity index (χ0v) is 17.9. The molecule has 154 valence electrons. The van der Waals surface area contributed by atoms with Crippen molar-refractivity contribution in [1.82, 2.24) is 14.7 Å². The number of amides is 1. The highest BCUT2D eigenvalue weighted by Crippen LogP contribution is 2.29. The summed E-state index contributed by atoms with van der Waals surface area (Å²) in [5.41, 5.74) is 8.44. The molecule has 0 aliphatic carbocycles. The van der Waals surface area contributed by atoms with Crippen LogP contribution in [0.15, 0.2) is 54.0 Å². The second kappa shape index (κ2) is 9.09. The molecule has 3 aromatic rings. The molecule has 0 radical (unpaired) electrons. The van der Waals surface area contributed by atoms with E-state index < -0.39 is 5.54 Å². The topological polar surface area (TPSA) is 73.4 Å². The Hall–Kier alpha value is -2.19. The Morgan fingerprint density at radius 1 is 1.24 bits per heavy atom. The first-order valence-electron chi connectivity index (χ1n) is 9.37. The van der Waals surface area contributed by atoms with E-state index in [9.17, 15) is 4.79 Å². The van der Waals surface area contributed by atoms with Gasteiger partial charge in [0.25, 0.3) is 0 Å². The van der Waals surface area contributed by atoms with Crippen LogP contribution < -0.4 is 5.73 Å². The Morgan fingerprint density at radius 3 is 2.62 bits per heavy atom. The van der Waals surface area contributed by atoms with Gasteiger partial charge < -0.3 is 15.4 Å². The number of halogens is 1. The van der Waals surface area contributed by atoms with Crippen molar-refractivity contribution in [2.75, 3.05) is 20.3 Å². The summed E-state index contributed by atoms with van der Waals surface area (Å²) in [5.74, 6) is -0.0413. The quantitative estimate of drug-likeness (QED) is 0.669. The average Bonchev–Trinajstić information content (AvgIpc) is 3.38. The minimum atomic E-state index is -0.842. The molecule has 1 saturated heterocycles. The van der Waals surface area contributed by atoms with Gasteiger partial charge in [0.05, 0.1) is 16.1 Å². The fourth-order valence-corrected chi connectivity index (χ4v) is 4.26. The van der Waals surface area contributed by atoms with Gasteiger partial charge in [-0.1, -0.05) is 24.3 Å². The lowest BCUT2D eigenvalue weighted by atomic mass is 9.89. The maximum Gasteiger partial charge on any atom is 0.242 e. The molecule has 2 N–H and O–H groups in total. The summed E-state index contributed by atoms with van der Waals surface area (Å²) in [6, 6.07) is 14.0. The van der Waals surface area contributed by atoms with E-state index in [-0.39, 0.29) is 18.3 Å². The second-order valence-electron chi connectivity index (χ2n) is 7.19. The fraction of sp³-hybridized carbons (Fsp3) is 0.333. The van der Waals surface area contributed by atoms with E-state index in [1.807, 2.05) is 59.7 Å². The smallest absolute Gasteiger partial charge is 0.242 e. The van der Waals surface area contributed by atoms with Crippen LogP contribution in [0.2, 0.25) is 0 Å². The molecule has 1 aliphatic rings. The van der Waals surface area contributed by atoms with Gasteiger partial charge in [-0.05, 0) is 36.4 Å². The molecule has 1 aromatic carbocycles. The minimum absolute atomic E-state index is 0. The Labute approximate surface area is 180 Å². The Bertz CT molecular complexity index is 937. The zero-order chi connectivity index (χ0) is 19.6. The van der Waals surface area contributed by atoms with E-state index in [0.717, 1.165) is 21.8 Å². The fourth-order valence-electron chi connectivity index (χ4n) is 3.52. The van der Waals surface area contributed by atoms with Crippen molar-refractivity contribution in [2.45, 2.75) is 24.9 Å². The van der Waals surface area contributed by atoms with E-state index in [1.54, 1.807) is 16.2 Å². The number of rotatable bonds is 5. The van der Waals surface area contributed by atoms with Crippen molar-refractivity contribution in [3.8, 4) is 16.3 Å². The van der Waals surface area contributed by atoms with Gasteiger partial charge in [-0.15, -0.1) is 23.7 Å². The zero-order valence-electron chi connectivity index (χ0n) is 16.3. The summed E-state index contributed by atoms with van der Waals surface area (Å²) < 4.78 is 7.24. The first-order valence-corrected chi connectivity index (χ1v) is 10.2. The molecule has 6 nitrogen and oxygen atoms in total. The number of likely N-dealkylation sites (N-methyl/N-ethyl adjacent to an activating group) is 1. The number of carbonyl (C=O) groups is 1. The maximum atomic E-state index is 13.0. The predicted octanol–water partition coefficient (Wildman–Crippen LogP) is 3.49. The lowest BCUT2D eigenvalue weighted by Crippen LogP contribution is -2.57. The standard InChI is InChI=1S/C21H24N4O2S.ClH/c1-24(20(26)21(22)9-11-27-12-10-21)14-16-15-25(17-6-3-2-4-7-17)23-19(16)18-8-5-13-28-18;/h2-8,13,15H,9-12,14,22H2,1H3;1H. The Morgan fingerprint density at radius 2 is 1.97 bits per heavy atom. The monoisotopic (exact) mass is 432 g/mol. The van der Waals surface area contributed by atoms with Crippen LogP contribution in [-0.4, -0.2) is 46.4 Å². The molecule has 0 bridgehead atoms. The molecule has 0 unspecified atom stereocenters. The maximum absolute atomic E-state index is 13.0. The van der Waals surface area contributed by atoms with Gasteiger partial charge >= 0.3 is 0 Å². The summed E-state index contributed by atoms with van der Waals surface area (Å²) in [7, 11) is 1.81. The molecule has 0 atom stereocenters. The molecule has 3 heterocycles. The average molecular weight is 433 g/mol. The van der Waals surface area contributed by atoms with Crippen LogP contribution in [0.25, 0.3) is 16.3 Å². The molecule has 1 fully saturated rings. The number of hydrogen-bond donors (Lipinski definition) is 1. The van der Waals surface area contributed by atoms with Gasteiger partial charge in [-0.25, -0.2) is 4.68 Å². The normalized spacial score (nSPS) is 15.5. The molecule has 4 rings (SSSR count). The number of ether oxygens (including phenoxy) is 1. The van der Waals surface area contributed by atoms with E-state index >= 15 is 0 Å². The number of nitrogens with two attached hydrogens (primary N) is 1. The molecular formula is C21H25ClN4O2S. The Kier molecular flexibility index (Phi) is 6.74.